The second-order valence-electron chi connectivity index (χ2n) is 5.66. The molecule has 132 valence electrons. The van der Waals surface area contributed by atoms with Crippen LogP contribution in [0.25, 0.3) is 12.7 Å². The monoisotopic (exact) mass is 344 g/mol. The fourth-order valence-electron chi connectivity index (χ4n) is 2.36. The van der Waals surface area contributed by atoms with Crippen LogP contribution in [0.15, 0.2) is 45.6 Å². The average molecular weight is 344 g/mol. The number of hydrogen-bond donors (Lipinski definition) is 1. The summed E-state index contributed by atoms with van der Waals surface area (Å²) in [5, 5.41) is 10.1. The number of likely N-dealkylation sites (N-methyl/N-ethyl adjacent to an activating group) is 1. The minimum atomic E-state index is -0.492. The van der Waals surface area contributed by atoms with Gasteiger partial charge >= 0.3 is 0 Å². The van der Waals surface area contributed by atoms with Gasteiger partial charge in [-0.15, -0.1) is 0 Å². The predicted molar refractivity (Wildman–Crippen MR) is 94.6 cm³/mol. The molecule has 0 saturated carbocycles. The Balaban J connectivity index is 2.59. The van der Waals surface area contributed by atoms with Crippen LogP contribution in [0.4, 0.5) is 0 Å². The standard InChI is InChI=1S/C17H20N4O4/c1-10-18(3)14(22)12(15(23)19(10)4)8-7-9-13-16(24)20(5)11(2)21(6)17(13)25/h7-9,22H,1-2H2,3-6H3. The van der Waals surface area contributed by atoms with Gasteiger partial charge in [0.1, 0.15) is 22.1 Å². The zero-order valence-corrected chi connectivity index (χ0v) is 14.6. The van der Waals surface area contributed by atoms with Gasteiger partial charge in [0.05, 0.1) is 0 Å². The lowest BCUT2D eigenvalue weighted by Gasteiger charge is -2.33. The third-order valence-electron chi connectivity index (χ3n) is 4.24. The molecule has 8 heteroatoms. The molecule has 1 aliphatic heterocycles. The van der Waals surface area contributed by atoms with E-state index in [0.717, 1.165) is 0 Å². The van der Waals surface area contributed by atoms with E-state index in [1.54, 1.807) is 7.05 Å². The van der Waals surface area contributed by atoms with Crippen molar-refractivity contribution in [2.24, 2.45) is 14.1 Å². The maximum atomic E-state index is 12.2. The summed E-state index contributed by atoms with van der Waals surface area (Å²) in [5.41, 5.74) is -0.682. The van der Waals surface area contributed by atoms with Crippen molar-refractivity contribution in [1.29, 1.82) is 0 Å². The second kappa shape index (κ2) is 6.31. The fourth-order valence-corrected chi connectivity index (χ4v) is 2.36. The molecule has 0 fully saturated rings. The van der Waals surface area contributed by atoms with Crippen LogP contribution in [-0.4, -0.2) is 44.0 Å². The molecule has 2 heterocycles. The summed E-state index contributed by atoms with van der Waals surface area (Å²) in [6, 6.07) is 0. The molecule has 0 aromatic carbocycles. The first kappa shape index (κ1) is 18.1. The smallest absolute Gasteiger partial charge is 0.264 e. The SMILES string of the molecule is C=C1N(C)C(=O)C(C=CC=c2c(=O)n(C)c(=C)n(C)c2=O)=C(O)N1C. The van der Waals surface area contributed by atoms with E-state index in [2.05, 4.69) is 13.2 Å². The Morgan fingerprint density at radius 2 is 1.44 bits per heavy atom. The number of aliphatic hydroxyl groups is 1. The van der Waals surface area contributed by atoms with Crippen LogP contribution in [0.5, 0.6) is 0 Å². The molecule has 2 rings (SSSR count). The summed E-state index contributed by atoms with van der Waals surface area (Å²) in [6.07, 6.45) is 4.02. The highest BCUT2D eigenvalue weighted by Crippen LogP contribution is 2.23. The van der Waals surface area contributed by atoms with E-state index in [9.17, 15) is 19.5 Å². The number of nitrogens with zero attached hydrogens (tertiary/aromatic N) is 4. The number of allylic oxidation sites excluding steroid dienone is 1. The largest absolute Gasteiger partial charge is 0.494 e. The van der Waals surface area contributed by atoms with Crippen molar-refractivity contribution in [2.75, 3.05) is 14.1 Å². The molecule has 1 aliphatic rings. The molecule has 1 aromatic heterocycles. The van der Waals surface area contributed by atoms with E-state index in [-0.39, 0.29) is 22.2 Å². The molecule has 0 unspecified atom stereocenters. The Kier molecular flexibility index (Phi) is 4.56. The average Bonchev–Trinajstić information content (AvgIpc) is 2.60. The molecule has 1 aromatic rings. The van der Waals surface area contributed by atoms with Crippen LogP contribution in [0.1, 0.15) is 0 Å². The lowest BCUT2D eigenvalue weighted by atomic mass is 10.1. The van der Waals surface area contributed by atoms with Crippen molar-refractivity contribution in [2.45, 2.75) is 0 Å². The van der Waals surface area contributed by atoms with E-state index < -0.39 is 17.0 Å². The van der Waals surface area contributed by atoms with Crippen molar-refractivity contribution < 1.29 is 9.90 Å². The molecule has 25 heavy (non-hydrogen) atoms. The zero-order chi connectivity index (χ0) is 19.0. The molecule has 0 spiro atoms. The van der Waals surface area contributed by atoms with Gasteiger partial charge in [-0.3, -0.25) is 28.4 Å². The molecule has 0 saturated heterocycles. The number of aromatic nitrogens is 2. The third-order valence-corrected chi connectivity index (χ3v) is 4.24. The van der Waals surface area contributed by atoms with E-state index in [4.69, 9.17) is 0 Å². The van der Waals surface area contributed by atoms with Gasteiger partial charge in [-0.1, -0.05) is 19.2 Å². The summed E-state index contributed by atoms with van der Waals surface area (Å²) >= 11 is 0. The first-order valence-electron chi connectivity index (χ1n) is 7.36. The normalized spacial score (nSPS) is 15.5. The van der Waals surface area contributed by atoms with Crippen LogP contribution in [-0.2, 0) is 18.9 Å². The van der Waals surface area contributed by atoms with Crippen molar-refractivity contribution in [3.63, 3.8) is 0 Å². The highest BCUT2D eigenvalue weighted by molar-refractivity contribution is 5.98. The van der Waals surface area contributed by atoms with Crippen LogP contribution >= 0.6 is 0 Å². The van der Waals surface area contributed by atoms with Gasteiger partial charge in [0.2, 0.25) is 5.88 Å². The van der Waals surface area contributed by atoms with E-state index in [0.29, 0.717) is 5.82 Å². The van der Waals surface area contributed by atoms with Gasteiger partial charge in [-0.05, 0) is 12.2 Å². The Hall–Kier alpha value is -3.29. The van der Waals surface area contributed by atoms with Gasteiger partial charge in [0.25, 0.3) is 17.0 Å². The van der Waals surface area contributed by atoms with Crippen LogP contribution in [0.3, 0.4) is 0 Å². The van der Waals surface area contributed by atoms with Crippen LogP contribution in [0.2, 0.25) is 0 Å². The summed E-state index contributed by atoms with van der Waals surface area (Å²) in [7, 11) is 6.12. The molecular formula is C17H20N4O4. The lowest BCUT2D eigenvalue weighted by Crippen LogP contribution is -2.56. The Morgan fingerprint density at radius 3 is 1.96 bits per heavy atom. The number of amides is 1. The first-order chi connectivity index (χ1) is 11.6. The summed E-state index contributed by atoms with van der Waals surface area (Å²) in [6.45, 7) is 7.37. The van der Waals surface area contributed by atoms with E-state index >= 15 is 0 Å². The topological polar surface area (TPSA) is 87.8 Å². The predicted octanol–water partition coefficient (Wildman–Crippen LogP) is -1.52. The number of carbonyl (C=O) groups excluding carboxylic acids is 1. The van der Waals surface area contributed by atoms with Crippen molar-refractivity contribution in [1.82, 2.24) is 18.9 Å². The minimum absolute atomic E-state index is 0.0241. The van der Waals surface area contributed by atoms with E-state index in [1.165, 1.54) is 58.3 Å². The quantitative estimate of drug-likeness (QED) is 0.704. The molecule has 0 radical (unpaired) electrons. The number of carbonyl (C=O) groups is 1. The molecule has 0 bridgehead atoms. The number of rotatable bonds is 2. The summed E-state index contributed by atoms with van der Waals surface area (Å²) in [5.74, 6) is -0.372. The number of hydrogen-bond acceptors (Lipinski definition) is 5. The zero-order valence-electron chi connectivity index (χ0n) is 14.6. The maximum absolute atomic E-state index is 12.2. The maximum Gasteiger partial charge on any atom is 0.264 e. The molecular weight excluding hydrogens is 324 g/mol. The van der Waals surface area contributed by atoms with Crippen molar-refractivity contribution in [3.8, 4) is 0 Å². The van der Waals surface area contributed by atoms with Gasteiger partial charge in [0.15, 0.2) is 0 Å². The van der Waals surface area contributed by atoms with Gasteiger partial charge in [0, 0.05) is 28.2 Å². The molecule has 0 aliphatic carbocycles. The molecule has 1 amide bonds. The highest BCUT2D eigenvalue weighted by Gasteiger charge is 2.29. The van der Waals surface area contributed by atoms with Gasteiger partial charge in [-0.2, -0.15) is 0 Å². The minimum Gasteiger partial charge on any atom is -0.494 e. The first-order valence-corrected chi connectivity index (χ1v) is 7.36. The second-order valence-corrected chi connectivity index (χ2v) is 5.66. The van der Waals surface area contributed by atoms with Crippen molar-refractivity contribution in [3.05, 3.63) is 67.4 Å². The van der Waals surface area contributed by atoms with Crippen LogP contribution < -0.4 is 21.8 Å². The van der Waals surface area contributed by atoms with Crippen LogP contribution in [0, 0.1) is 0 Å². The molecule has 0 atom stereocenters. The number of aliphatic hydroxyl groups excluding tert-OH is 1. The van der Waals surface area contributed by atoms with Gasteiger partial charge < -0.3 is 10.0 Å². The Bertz CT molecular complexity index is 1010. The van der Waals surface area contributed by atoms with Gasteiger partial charge in [-0.25, -0.2) is 0 Å². The van der Waals surface area contributed by atoms with E-state index in [1.807, 2.05) is 0 Å². The molecule has 1 N–H and O–H groups in total. The highest BCUT2D eigenvalue weighted by atomic mass is 16.3. The summed E-state index contributed by atoms with van der Waals surface area (Å²) in [4.78, 5) is 39.3. The Labute approximate surface area is 143 Å². The molecule has 8 nitrogen and oxygen atoms in total. The Morgan fingerprint density at radius 1 is 0.920 bits per heavy atom. The van der Waals surface area contributed by atoms with Crippen molar-refractivity contribution >= 4 is 18.6 Å². The lowest BCUT2D eigenvalue weighted by molar-refractivity contribution is -0.126. The fraction of sp³-hybridized carbons (Fsp3) is 0.235. The summed E-state index contributed by atoms with van der Waals surface area (Å²) < 4.78 is 2.52. The third kappa shape index (κ3) is 2.82.